The average molecular weight is 420 g/mol. The van der Waals surface area contributed by atoms with Gasteiger partial charge in [-0.2, -0.15) is 14.9 Å². The van der Waals surface area contributed by atoms with E-state index < -0.39 is 0 Å². The second-order valence-electron chi connectivity index (χ2n) is 6.37. The molecule has 0 aliphatic rings. The van der Waals surface area contributed by atoms with Crippen molar-refractivity contribution in [1.29, 1.82) is 0 Å². The molecule has 0 atom stereocenters. The zero-order chi connectivity index (χ0) is 20.2. The Bertz CT molecular complexity index is 1200. The van der Waals surface area contributed by atoms with Gasteiger partial charge in [-0.15, -0.1) is 0 Å². The van der Waals surface area contributed by atoms with E-state index in [-0.39, 0.29) is 0 Å². The summed E-state index contributed by atoms with van der Waals surface area (Å²) in [5, 5.41) is 12.1. The number of para-hydroxylation sites is 1. The van der Waals surface area contributed by atoms with Crippen molar-refractivity contribution in [2.45, 2.75) is 0 Å². The second-order valence-corrected chi connectivity index (χ2v) is 7.17. The molecule has 4 aromatic rings. The van der Waals surface area contributed by atoms with Crippen LogP contribution in [0.25, 0.3) is 11.4 Å². The lowest BCUT2D eigenvalue weighted by atomic mass is 10.2. The van der Waals surface area contributed by atoms with Gasteiger partial charge in [-0.3, -0.25) is 0 Å². The molecular weight excluding hydrogens is 402 g/mol. The third kappa shape index (κ3) is 4.13. The highest BCUT2D eigenvalue weighted by atomic mass is 35.5. The molecule has 0 radical (unpaired) electrons. The molecule has 1 heterocycles. The third-order valence-electron chi connectivity index (χ3n) is 4.51. The van der Waals surface area contributed by atoms with Crippen LogP contribution >= 0.6 is 23.8 Å². The number of nitrogens with zero attached hydrogens (tertiary/aromatic N) is 4. The van der Waals surface area contributed by atoms with Crippen LogP contribution in [0, 0.1) is 4.77 Å². The normalized spacial score (nSPS) is 11.1. The highest BCUT2D eigenvalue weighted by Crippen LogP contribution is 2.26. The van der Waals surface area contributed by atoms with Gasteiger partial charge in [0, 0.05) is 24.0 Å². The van der Waals surface area contributed by atoms with Gasteiger partial charge in [-0.25, -0.2) is 5.10 Å². The van der Waals surface area contributed by atoms with Crippen molar-refractivity contribution in [2.24, 2.45) is 5.10 Å². The molecule has 7 heteroatoms. The van der Waals surface area contributed by atoms with E-state index in [1.807, 2.05) is 61.6 Å². The highest BCUT2D eigenvalue weighted by Gasteiger charge is 2.11. The molecule has 29 heavy (non-hydrogen) atoms. The van der Waals surface area contributed by atoms with Crippen LogP contribution in [0.2, 0.25) is 5.02 Å². The first-order valence-electron chi connectivity index (χ1n) is 8.99. The summed E-state index contributed by atoms with van der Waals surface area (Å²) in [5.74, 6) is 0.567. The van der Waals surface area contributed by atoms with Crippen LogP contribution in [0.3, 0.4) is 0 Å². The van der Waals surface area contributed by atoms with E-state index in [4.69, 9.17) is 23.8 Å². The largest absolute Gasteiger partial charge is 0.345 e. The quantitative estimate of drug-likeness (QED) is 0.323. The molecule has 0 aliphatic carbocycles. The number of anilines is 2. The maximum atomic E-state index is 6.30. The molecule has 3 aromatic carbocycles. The fourth-order valence-electron chi connectivity index (χ4n) is 2.92. The lowest BCUT2D eigenvalue weighted by Crippen LogP contribution is -2.08. The van der Waals surface area contributed by atoms with Gasteiger partial charge in [0.2, 0.25) is 4.77 Å². The standard InChI is InChI=1S/C22H18ClN5S/c1-27(17-7-3-2-4-8-17)18-13-11-16(12-14-18)15-24-28-21(25-26-22(28)29)19-9-5-6-10-20(19)23/h2-15H,1H3,(H,26,29). The molecule has 4 rings (SSSR count). The predicted molar refractivity (Wildman–Crippen MR) is 122 cm³/mol. The molecule has 0 aliphatic heterocycles. The molecule has 0 unspecified atom stereocenters. The Balaban J connectivity index is 1.59. The predicted octanol–water partition coefficient (Wildman–Crippen LogP) is 5.91. The van der Waals surface area contributed by atoms with Crippen LogP contribution in [-0.2, 0) is 0 Å². The number of aromatic amines is 1. The Hall–Kier alpha value is -3.22. The minimum absolute atomic E-state index is 0.400. The van der Waals surface area contributed by atoms with Crippen molar-refractivity contribution in [3.8, 4) is 11.4 Å². The summed E-state index contributed by atoms with van der Waals surface area (Å²) in [6, 6.07) is 25.8. The number of hydrogen-bond donors (Lipinski definition) is 1. The van der Waals surface area contributed by atoms with Crippen LogP contribution in [0.1, 0.15) is 5.56 Å². The van der Waals surface area contributed by atoms with Gasteiger partial charge in [0.05, 0.1) is 11.2 Å². The molecule has 1 N–H and O–H groups in total. The first-order valence-corrected chi connectivity index (χ1v) is 9.77. The van der Waals surface area contributed by atoms with Crippen molar-refractivity contribution in [3.05, 3.63) is 94.2 Å². The molecule has 144 valence electrons. The molecule has 1 aromatic heterocycles. The molecule has 0 saturated carbocycles. The van der Waals surface area contributed by atoms with Gasteiger partial charge in [-0.1, -0.05) is 54.1 Å². The summed E-state index contributed by atoms with van der Waals surface area (Å²) in [6.45, 7) is 0. The van der Waals surface area contributed by atoms with Crippen LogP contribution in [0.15, 0.2) is 84.0 Å². The number of benzene rings is 3. The van der Waals surface area contributed by atoms with Gasteiger partial charge in [0.25, 0.3) is 0 Å². The van der Waals surface area contributed by atoms with Crippen LogP contribution in [0.5, 0.6) is 0 Å². The third-order valence-corrected chi connectivity index (χ3v) is 5.11. The maximum absolute atomic E-state index is 6.30. The van der Waals surface area contributed by atoms with E-state index in [2.05, 4.69) is 44.5 Å². The van der Waals surface area contributed by atoms with Gasteiger partial charge in [0.15, 0.2) is 5.82 Å². The van der Waals surface area contributed by atoms with E-state index in [1.165, 1.54) is 0 Å². The van der Waals surface area contributed by atoms with E-state index >= 15 is 0 Å². The van der Waals surface area contributed by atoms with Crippen molar-refractivity contribution in [1.82, 2.24) is 14.9 Å². The number of nitrogens with one attached hydrogen (secondary N) is 1. The van der Waals surface area contributed by atoms with Gasteiger partial charge in [0.1, 0.15) is 0 Å². The van der Waals surface area contributed by atoms with Gasteiger partial charge < -0.3 is 4.90 Å². The molecule has 0 fully saturated rings. The Kier molecular flexibility index (Phi) is 5.55. The van der Waals surface area contributed by atoms with E-state index in [1.54, 1.807) is 10.9 Å². The molecule has 0 saturated heterocycles. The summed E-state index contributed by atoms with van der Waals surface area (Å²) >= 11 is 11.6. The number of H-pyrrole nitrogens is 1. The molecular formula is C22H18ClN5S. The Morgan fingerprint density at radius 1 is 0.966 bits per heavy atom. The van der Waals surface area contributed by atoms with Crippen molar-refractivity contribution in [3.63, 3.8) is 0 Å². The van der Waals surface area contributed by atoms with E-state index in [0.29, 0.717) is 15.6 Å². The molecule has 0 spiro atoms. The second kappa shape index (κ2) is 8.43. The maximum Gasteiger partial charge on any atom is 0.216 e. The summed E-state index contributed by atoms with van der Waals surface area (Å²) in [5.41, 5.74) is 3.93. The van der Waals surface area contributed by atoms with Crippen molar-refractivity contribution in [2.75, 3.05) is 11.9 Å². The molecule has 5 nitrogen and oxygen atoms in total. The molecule has 0 bridgehead atoms. The minimum Gasteiger partial charge on any atom is -0.345 e. The summed E-state index contributed by atoms with van der Waals surface area (Å²) in [4.78, 5) is 2.13. The number of halogens is 1. The first-order chi connectivity index (χ1) is 14.1. The molecule has 0 amide bonds. The Morgan fingerprint density at radius 3 is 2.34 bits per heavy atom. The number of hydrogen-bond acceptors (Lipinski definition) is 4. The summed E-state index contributed by atoms with van der Waals surface area (Å²) in [7, 11) is 2.04. The lowest BCUT2D eigenvalue weighted by molar-refractivity contribution is 0.871. The van der Waals surface area contributed by atoms with E-state index in [9.17, 15) is 0 Å². The van der Waals surface area contributed by atoms with Gasteiger partial charge >= 0.3 is 0 Å². The summed E-state index contributed by atoms with van der Waals surface area (Å²) < 4.78 is 1.97. The fourth-order valence-corrected chi connectivity index (χ4v) is 3.32. The lowest BCUT2D eigenvalue weighted by Gasteiger charge is -2.19. The smallest absolute Gasteiger partial charge is 0.216 e. The van der Waals surface area contributed by atoms with Crippen LogP contribution in [-0.4, -0.2) is 28.1 Å². The Labute approximate surface area is 178 Å². The zero-order valence-corrected chi connectivity index (χ0v) is 17.2. The minimum atomic E-state index is 0.400. The highest BCUT2D eigenvalue weighted by molar-refractivity contribution is 7.71. The van der Waals surface area contributed by atoms with Crippen molar-refractivity contribution >= 4 is 41.4 Å². The van der Waals surface area contributed by atoms with Crippen LogP contribution < -0.4 is 4.90 Å². The zero-order valence-electron chi connectivity index (χ0n) is 15.7. The van der Waals surface area contributed by atoms with Crippen LogP contribution in [0.4, 0.5) is 11.4 Å². The summed E-state index contributed by atoms with van der Waals surface area (Å²) in [6.07, 6.45) is 1.75. The van der Waals surface area contributed by atoms with Crippen molar-refractivity contribution < 1.29 is 0 Å². The number of aromatic nitrogens is 3. The van der Waals surface area contributed by atoms with Gasteiger partial charge in [-0.05, 0) is 54.2 Å². The van der Waals surface area contributed by atoms with E-state index in [0.717, 1.165) is 22.5 Å². The average Bonchev–Trinajstić information content (AvgIpc) is 3.13. The number of rotatable bonds is 5. The Morgan fingerprint density at radius 2 is 1.62 bits per heavy atom. The first kappa shape index (κ1) is 19.1. The topological polar surface area (TPSA) is 49.2 Å². The fraction of sp³-hybridized carbons (Fsp3) is 0.0455. The monoisotopic (exact) mass is 419 g/mol. The SMILES string of the molecule is CN(c1ccccc1)c1ccc(C=Nn2c(-c3ccccc3Cl)n[nH]c2=S)cc1.